The van der Waals surface area contributed by atoms with Gasteiger partial charge in [0, 0.05) is 28.9 Å². The molecule has 0 aliphatic heterocycles. The zero-order chi connectivity index (χ0) is 10.1. The third-order valence-electron chi connectivity index (χ3n) is 2.13. The number of fused-ring (bicyclic) bond motifs is 1. The number of benzene rings is 1. The highest BCUT2D eigenvalue weighted by molar-refractivity contribution is 5.99. The number of nitrogens with zero attached hydrogens (tertiary/aromatic N) is 2. The number of hydrogen-bond donors (Lipinski definition) is 2. The highest BCUT2D eigenvalue weighted by Gasteiger charge is 2.06. The lowest BCUT2D eigenvalue weighted by molar-refractivity contribution is -0.667. The summed E-state index contributed by atoms with van der Waals surface area (Å²) < 4.78 is 0. The van der Waals surface area contributed by atoms with Gasteiger partial charge in [0.25, 0.3) is 0 Å². The summed E-state index contributed by atoms with van der Waals surface area (Å²) >= 11 is 0. The topological polar surface area (TPSA) is 77.9 Å². The number of nitrogen functional groups attached to an aromatic ring is 1. The van der Waals surface area contributed by atoms with Gasteiger partial charge in [-0.25, -0.2) is 0 Å². The maximum absolute atomic E-state index is 11.0. The van der Waals surface area contributed by atoms with Crippen LogP contribution < -0.4 is 15.9 Å². The van der Waals surface area contributed by atoms with Crippen LogP contribution in [-0.4, -0.2) is 12.1 Å². The summed E-state index contributed by atoms with van der Waals surface area (Å²) in [6.07, 6.45) is 2.87. The Balaban J connectivity index is 2.85. The van der Waals surface area contributed by atoms with Crippen LogP contribution in [0.2, 0.25) is 0 Å². The molecule has 72 valence electrons. The molecule has 5 heteroatoms. The van der Waals surface area contributed by atoms with E-state index in [4.69, 9.17) is 5.73 Å². The monoisotopic (exact) mass is 190 g/mol. The van der Waals surface area contributed by atoms with Crippen LogP contribution in [0.5, 0.6) is 0 Å². The molecule has 2 rings (SSSR count). The van der Waals surface area contributed by atoms with Gasteiger partial charge in [-0.2, -0.15) is 0 Å². The third-order valence-corrected chi connectivity index (χ3v) is 2.13. The quantitative estimate of drug-likeness (QED) is 0.390. The second kappa shape index (κ2) is 3.02. The Hall–Kier alpha value is -2.04. The van der Waals surface area contributed by atoms with Crippen LogP contribution in [0.25, 0.3) is 10.8 Å². The smallest absolute Gasteiger partial charge is 0.219 e. The standard InChI is InChI=1S/C9H10N4O/c1-11-9-3-2-8(10)6-4-12-13(14)5-7(6)9/h2-5,11H,10H2,1H3. The van der Waals surface area contributed by atoms with E-state index in [1.165, 1.54) is 12.4 Å². The Labute approximate surface area is 80.7 Å². The molecule has 1 aromatic heterocycles. The van der Waals surface area contributed by atoms with Crippen molar-refractivity contribution < 1.29 is 4.85 Å². The number of aromatic nitrogens is 2. The molecule has 0 radical (unpaired) electrons. The van der Waals surface area contributed by atoms with E-state index in [1.54, 1.807) is 13.1 Å². The fraction of sp³-hybridized carbons (Fsp3) is 0.111. The Morgan fingerprint density at radius 1 is 1.43 bits per heavy atom. The molecule has 1 aromatic carbocycles. The molecule has 0 unspecified atom stereocenters. The highest BCUT2D eigenvalue weighted by Crippen LogP contribution is 2.25. The Bertz CT molecular complexity index is 483. The zero-order valence-electron chi connectivity index (χ0n) is 7.69. The molecule has 0 bridgehead atoms. The number of hydrogen-bond acceptors (Lipinski definition) is 4. The van der Waals surface area contributed by atoms with E-state index in [0.717, 1.165) is 16.5 Å². The first-order valence-corrected chi connectivity index (χ1v) is 4.18. The predicted molar refractivity (Wildman–Crippen MR) is 54.7 cm³/mol. The molecule has 0 amide bonds. The van der Waals surface area contributed by atoms with Gasteiger partial charge in [-0.1, -0.05) is 4.85 Å². The van der Waals surface area contributed by atoms with Gasteiger partial charge in [-0.15, -0.1) is 0 Å². The summed E-state index contributed by atoms with van der Waals surface area (Å²) in [5.74, 6) is 0. The SMILES string of the molecule is CNc1ccc(N)c2cn[n+]([O-])cc12. The molecule has 3 N–H and O–H groups in total. The minimum atomic E-state index is 0.516. The summed E-state index contributed by atoms with van der Waals surface area (Å²) in [5.41, 5.74) is 7.23. The molecule has 0 saturated heterocycles. The van der Waals surface area contributed by atoms with Crippen LogP contribution >= 0.6 is 0 Å². The maximum atomic E-state index is 11.0. The van der Waals surface area contributed by atoms with E-state index in [1.807, 2.05) is 6.07 Å². The van der Waals surface area contributed by atoms with Gasteiger partial charge < -0.3 is 16.3 Å². The van der Waals surface area contributed by atoms with Gasteiger partial charge >= 0.3 is 0 Å². The molecule has 2 aromatic rings. The summed E-state index contributed by atoms with van der Waals surface area (Å²) in [5, 5.41) is 19.1. The lowest BCUT2D eigenvalue weighted by Crippen LogP contribution is -2.29. The van der Waals surface area contributed by atoms with Crippen molar-refractivity contribution in [3.8, 4) is 0 Å². The van der Waals surface area contributed by atoms with E-state index >= 15 is 0 Å². The average molecular weight is 190 g/mol. The van der Waals surface area contributed by atoms with Crippen molar-refractivity contribution in [3.63, 3.8) is 0 Å². The van der Waals surface area contributed by atoms with Crippen LogP contribution in [-0.2, 0) is 0 Å². The fourth-order valence-corrected chi connectivity index (χ4v) is 1.41. The van der Waals surface area contributed by atoms with Gasteiger partial charge in [0.2, 0.25) is 6.20 Å². The van der Waals surface area contributed by atoms with E-state index in [2.05, 4.69) is 10.4 Å². The molecule has 5 nitrogen and oxygen atoms in total. The predicted octanol–water partition coefficient (Wildman–Crippen LogP) is 0.492. The Morgan fingerprint density at radius 2 is 2.21 bits per heavy atom. The lowest BCUT2D eigenvalue weighted by Gasteiger charge is -2.06. The van der Waals surface area contributed by atoms with Crippen molar-refractivity contribution >= 4 is 22.1 Å². The fourth-order valence-electron chi connectivity index (χ4n) is 1.41. The Kier molecular flexibility index (Phi) is 1.85. The lowest BCUT2D eigenvalue weighted by atomic mass is 10.1. The second-order valence-electron chi connectivity index (χ2n) is 2.96. The molecule has 1 heterocycles. The van der Waals surface area contributed by atoms with Crippen molar-refractivity contribution in [2.75, 3.05) is 18.1 Å². The van der Waals surface area contributed by atoms with Crippen molar-refractivity contribution in [1.29, 1.82) is 0 Å². The maximum Gasteiger partial charge on any atom is 0.219 e. The van der Waals surface area contributed by atoms with Gasteiger partial charge in [0.15, 0.2) is 0 Å². The summed E-state index contributed by atoms with van der Waals surface area (Å²) in [6.45, 7) is 0. The van der Waals surface area contributed by atoms with Gasteiger partial charge in [-0.3, -0.25) is 0 Å². The van der Waals surface area contributed by atoms with E-state index in [-0.39, 0.29) is 0 Å². The van der Waals surface area contributed by atoms with Crippen LogP contribution in [0.1, 0.15) is 0 Å². The van der Waals surface area contributed by atoms with Gasteiger partial charge in [-0.05, 0) is 12.1 Å². The van der Waals surface area contributed by atoms with Crippen molar-refractivity contribution in [3.05, 3.63) is 29.7 Å². The second-order valence-corrected chi connectivity index (χ2v) is 2.96. The molecular weight excluding hydrogens is 180 g/mol. The van der Waals surface area contributed by atoms with Crippen molar-refractivity contribution in [2.45, 2.75) is 0 Å². The minimum Gasteiger partial charge on any atom is -0.594 e. The van der Waals surface area contributed by atoms with E-state index < -0.39 is 0 Å². The van der Waals surface area contributed by atoms with Crippen LogP contribution in [0.3, 0.4) is 0 Å². The van der Waals surface area contributed by atoms with Crippen LogP contribution in [0.15, 0.2) is 24.5 Å². The van der Waals surface area contributed by atoms with Crippen molar-refractivity contribution in [2.24, 2.45) is 0 Å². The van der Waals surface area contributed by atoms with E-state index in [0.29, 0.717) is 10.5 Å². The molecule has 0 aliphatic rings. The number of nitrogens with two attached hydrogens (primary N) is 1. The zero-order valence-corrected chi connectivity index (χ0v) is 7.69. The van der Waals surface area contributed by atoms with Crippen LogP contribution in [0.4, 0.5) is 11.4 Å². The molecule has 0 atom stereocenters. The highest BCUT2D eigenvalue weighted by atomic mass is 16.5. The first kappa shape index (κ1) is 8.55. The average Bonchev–Trinajstić information content (AvgIpc) is 2.18. The molecular formula is C9H10N4O. The largest absolute Gasteiger partial charge is 0.594 e. The molecule has 14 heavy (non-hydrogen) atoms. The summed E-state index contributed by atoms with van der Waals surface area (Å²) in [7, 11) is 1.79. The van der Waals surface area contributed by atoms with E-state index in [9.17, 15) is 5.21 Å². The Morgan fingerprint density at radius 3 is 2.93 bits per heavy atom. The third kappa shape index (κ3) is 1.19. The number of anilines is 2. The normalized spacial score (nSPS) is 10.4. The summed E-state index contributed by atoms with van der Waals surface area (Å²) in [6, 6.07) is 3.61. The first-order chi connectivity index (χ1) is 6.72. The minimum absolute atomic E-state index is 0.516. The molecule has 0 spiro atoms. The molecule has 0 saturated carbocycles. The summed E-state index contributed by atoms with van der Waals surface area (Å²) in [4.78, 5) is 0.516. The number of nitrogens with one attached hydrogen (secondary N) is 1. The van der Waals surface area contributed by atoms with Crippen LogP contribution in [0, 0.1) is 5.21 Å². The number of rotatable bonds is 1. The van der Waals surface area contributed by atoms with Gasteiger partial charge in [0.1, 0.15) is 6.20 Å². The van der Waals surface area contributed by atoms with Crippen molar-refractivity contribution in [1.82, 2.24) is 5.10 Å². The first-order valence-electron chi connectivity index (χ1n) is 4.18. The van der Waals surface area contributed by atoms with Gasteiger partial charge in [0.05, 0.1) is 5.39 Å². The molecule has 0 fully saturated rings. The molecule has 0 aliphatic carbocycles.